The molecule has 1 rings (SSSR count). The van der Waals surface area contributed by atoms with Crippen LogP contribution in [0.15, 0.2) is 43.0 Å². The number of esters is 1. The molecule has 0 saturated carbocycles. The van der Waals surface area contributed by atoms with Gasteiger partial charge in [-0.25, -0.2) is 0 Å². The molecule has 0 aliphatic carbocycles. The molecule has 0 unspecified atom stereocenters. The first-order chi connectivity index (χ1) is 7.72. The first-order valence-corrected chi connectivity index (χ1v) is 5.28. The molecule has 0 heterocycles. The van der Waals surface area contributed by atoms with E-state index >= 15 is 0 Å². The lowest BCUT2D eigenvalue weighted by Gasteiger charge is -2.10. The van der Waals surface area contributed by atoms with Crippen LogP contribution in [0.4, 0.5) is 0 Å². The SMILES string of the molecule is C=CCOC(=O)C[C@H](N)Cc1ccccc1. The quantitative estimate of drug-likeness (QED) is 0.585. The van der Waals surface area contributed by atoms with Crippen LogP contribution in [-0.2, 0) is 16.0 Å². The third kappa shape index (κ3) is 4.75. The van der Waals surface area contributed by atoms with Crippen molar-refractivity contribution in [1.82, 2.24) is 0 Å². The highest BCUT2D eigenvalue weighted by Gasteiger charge is 2.10. The summed E-state index contributed by atoms with van der Waals surface area (Å²) in [5.41, 5.74) is 6.98. The molecule has 0 saturated heterocycles. The van der Waals surface area contributed by atoms with Crippen molar-refractivity contribution in [2.75, 3.05) is 6.61 Å². The Morgan fingerprint density at radius 2 is 2.12 bits per heavy atom. The maximum Gasteiger partial charge on any atom is 0.307 e. The number of carbonyl (C=O) groups is 1. The Bertz CT molecular complexity index is 335. The second-order valence-corrected chi connectivity index (χ2v) is 3.63. The van der Waals surface area contributed by atoms with Gasteiger partial charge in [-0.3, -0.25) is 4.79 Å². The lowest BCUT2D eigenvalue weighted by Crippen LogP contribution is -2.27. The average Bonchev–Trinajstić information content (AvgIpc) is 2.27. The molecule has 0 amide bonds. The molecule has 1 atom stereocenters. The molecule has 0 aliphatic heterocycles. The third-order valence-electron chi connectivity index (χ3n) is 2.13. The summed E-state index contributed by atoms with van der Waals surface area (Å²) in [7, 11) is 0. The Labute approximate surface area is 95.9 Å². The van der Waals surface area contributed by atoms with Gasteiger partial charge in [0.15, 0.2) is 0 Å². The summed E-state index contributed by atoms with van der Waals surface area (Å²) >= 11 is 0. The van der Waals surface area contributed by atoms with E-state index in [1.807, 2.05) is 30.3 Å². The molecular weight excluding hydrogens is 202 g/mol. The standard InChI is InChI=1S/C13H17NO2/c1-2-8-16-13(15)10-12(14)9-11-6-4-3-5-7-11/h2-7,12H,1,8-10,14H2/t12-/m1/s1. The van der Waals surface area contributed by atoms with Crippen LogP contribution >= 0.6 is 0 Å². The van der Waals surface area contributed by atoms with E-state index < -0.39 is 0 Å². The molecule has 0 fully saturated rings. The Hall–Kier alpha value is -1.61. The molecule has 3 heteroatoms. The van der Waals surface area contributed by atoms with Crippen LogP contribution in [-0.4, -0.2) is 18.6 Å². The first kappa shape index (κ1) is 12.5. The number of rotatable bonds is 6. The van der Waals surface area contributed by atoms with Crippen LogP contribution in [0.1, 0.15) is 12.0 Å². The van der Waals surface area contributed by atoms with Crippen LogP contribution < -0.4 is 5.73 Å². The molecule has 2 N–H and O–H groups in total. The molecular formula is C13H17NO2. The van der Waals surface area contributed by atoms with Crippen LogP contribution in [0.2, 0.25) is 0 Å². The Kier molecular flexibility index (Phi) is 5.29. The molecule has 0 aliphatic rings. The van der Waals surface area contributed by atoms with Crippen molar-refractivity contribution in [3.8, 4) is 0 Å². The number of ether oxygens (including phenoxy) is 1. The first-order valence-electron chi connectivity index (χ1n) is 5.28. The molecule has 16 heavy (non-hydrogen) atoms. The summed E-state index contributed by atoms with van der Waals surface area (Å²) in [4.78, 5) is 11.3. The predicted molar refractivity (Wildman–Crippen MR) is 63.9 cm³/mol. The minimum Gasteiger partial charge on any atom is -0.461 e. The maximum absolute atomic E-state index is 11.3. The van der Waals surface area contributed by atoms with Gasteiger partial charge in [0.25, 0.3) is 0 Å². The van der Waals surface area contributed by atoms with Gasteiger partial charge in [0.05, 0.1) is 6.42 Å². The highest BCUT2D eigenvalue weighted by molar-refractivity contribution is 5.70. The number of carbonyl (C=O) groups excluding carboxylic acids is 1. The van der Waals surface area contributed by atoms with E-state index in [1.54, 1.807) is 6.08 Å². The van der Waals surface area contributed by atoms with Gasteiger partial charge < -0.3 is 10.5 Å². The van der Waals surface area contributed by atoms with Gasteiger partial charge in [-0.2, -0.15) is 0 Å². The topological polar surface area (TPSA) is 52.3 Å². The van der Waals surface area contributed by atoms with E-state index in [9.17, 15) is 4.79 Å². The van der Waals surface area contributed by atoms with E-state index in [0.717, 1.165) is 5.56 Å². The number of hydrogen-bond acceptors (Lipinski definition) is 3. The van der Waals surface area contributed by atoms with Crippen molar-refractivity contribution in [3.63, 3.8) is 0 Å². The zero-order valence-corrected chi connectivity index (χ0v) is 9.26. The lowest BCUT2D eigenvalue weighted by atomic mass is 10.0. The highest BCUT2D eigenvalue weighted by Crippen LogP contribution is 2.04. The molecule has 1 aromatic carbocycles. The van der Waals surface area contributed by atoms with Crippen molar-refractivity contribution in [1.29, 1.82) is 0 Å². The summed E-state index contributed by atoms with van der Waals surface area (Å²) < 4.78 is 4.86. The van der Waals surface area contributed by atoms with Gasteiger partial charge in [-0.05, 0) is 12.0 Å². The fourth-order valence-corrected chi connectivity index (χ4v) is 1.41. The largest absolute Gasteiger partial charge is 0.461 e. The molecule has 3 nitrogen and oxygen atoms in total. The van der Waals surface area contributed by atoms with E-state index in [2.05, 4.69) is 6.58 Å². The Morgan fingerprint density at radius 3 is 2.75 bits per heavy atom. The van der Waals surface area contributed by atoms with E-state index in [1.165, 1.54) is 0 Å². The van der Waals surface area contributed by atoms with Gasteiger partial charge in [0, 0.05) is 6.04 Å². The number of nitrogens with two attached hydrogens (primary N) is 1. The van der Waals surface area contributed by atoms with Crippen LogP contribution in [0, 0.1) is 0 Å². The Morgan fingerprint density at radius 1 is 1.44 bits per heavy atom. The van der Waals surface area contributed by atoms with Gasteiger partial charge in [0.1, 0.15) is 6.61 Å². The number of hydrogen-bond donors (Lipinski definition) is 1. The maximum atomic E-state index is 11.3. The summed E-state index contributed by atoms with van der Waals surface area (Å²) in [6.07, 6.45) is 2.47. The third-order valence-corrected chi connectivity index (χ3v) is 2.13. The average molecular weight is 219 g/mol. The smallest absolute Gasteiger partial charge is 0.307 e. The predicted octanol–water partition coefficient (Wildman–Crippen LogP) is 1.68. The zero-order chi connectivity index (χ0) is 11.8. The van der Waals surface area contributed by atoms with Crippen LogP contribution in [0.25, 0.3) is 0 Å². The van der Waals surface area contributed by atoms with Crippen molar-refractivity contribution in [3.05, 3.63) is 48.6 Å². The minimum absolute atomic E-state index is 0.195. The van der Waals surface area contributed by atoms with Crippen molar-refractivity contribution in [2.45, 2.75) is 18.9 Å². The molecule has 86 valence electrons. The summed E-state index contributed by atoms with van der Waals surface area (Å²) in [5.74, 6) is -0.275. The fourth-order valence-electron chi connectivity index (χ4n) is 1.41. The van der Waals surface area contributed by atoms with Crippen molar-refractivity contribution in [2.24, 2.45) is 5.73 Å². The summed E-state index contributed by atoms with van der Waals surface area (Å²) in [5, 5.41) is 0. The lowest BCUT2D eigenvalue weighted by molar-refractivity contribution is -0.142. The van der Waals surface area contributed by atoms with Crippen LogP contribution in [0.5, 0.6) is 0 Å². The van der Waals surface area contributed by atoms with E-state index in [4.69, 9.17) is 10.5 Å². The van der Waals surface area contributed by atoms with Gasteiger partial charge >= 0.3 is 5.97 Å². The zero-order valence-electron chi connectivity index (χ0n) is 9.26. The van der Waals surface area contributed by atoms with Crippen molar-refractivity contribution < 1.29 is 9.53 Å². The second kappa shape index (κ2) is 6.80. The molecule has 1 aromatic rings. The fraction of sp³-hybridized carbons (Fsp3) is 0.308. The molecule has 0 bridgehead atoms. The molecule has 0 aromatic heterocycles. The summed E-state index contributed by atoms with van der Waals surface area (Å²) in [6.45, 7) is 3.72. The van der Waals surface area contributed by atoms with Gasteiger partial charge in [-0.1, -0.05) is 43.0 Å². The van der Waals surface area contributed by atoms with E-state index in [-0.39, 0.29) is 25.0 Å². The summed E-state index contributed by atoms with van der Waals surface area (Å²) in [6, 6.07) is 9.66. The van der Waals surface area contributed by atoms with Gasteiger partial charge in [-0.15, -0.1) is 0 Å². The minimum atomic E-state index is -0.275. The van der Waals surface area contributed by atoms with Crippen molar-refractivity contribution >= 4 is 5.97 Å². The normalized spacial score (nSPS) is 11.8. The number of benzene rings is 1. The van der Waals surface area contributed by atoms with Crippen LogP contribution in [0.3, 0.4) is 0 Å². The molecule has 0 radical (unpaired) electrons. The van der Waals surface area contributed by atoms with E-state index in [0.29, 0.717) is 6.42 Å². The Balaban J connectivity index is 2.33. The van der Waals surface area contributed by atoms with Gasteiger partial charge in [0.2, 0.25) is 0 Å². The molecule has 0 spiro atoms. The highest BCUT2D eigenvalue weighted by atomic mass is 16.5. The monoisotopic (exact) mass is 219 g/mol. The second-order valence-electron chi connectivity index (χ2n) is 3.63.